The third-order valence-electron chi connectivity index (χ3n) is 6.03. The van der Waals surface area contributed by atoms with Gasteiger partial charge in [-0.15, -0.1) is 0 Å². The molecule has 2 aliphatic rings. The van der Waals surface area contributed by atoms with E-state index in [1.54, 1.807) is 6.07 Å². The molecule has 28 heavy (non-hydrogen) atoms. The summed E-state index contributed by atoms with van der Waals surface area (Å²) in [6, 6.07) is 6.92. The van der Waals surface area contributed by atoms with Crippen LogP contribution >= 0.6 is 0 Å². The molecule has 1 atom stereocenters. The predicted octanol–water partition coefficient (Wildman–Crippen LogP) is 2.36. The van der Waals surface area contributed by atoms with Crippen LogP contribution in [0.4, 0.5) is 0 Å². The third kappa shape index (κ3) is 4.54. The standard InChI is InChI=1S/C22H31N3O3/c1-3-19(26)24-14-10-17(11-15-24)20(22(28)25-12-6-7-13-25)23-21(27)18-9-5-4-8-16(18)2/h4-5,8-9,17,20H,3,6-7,10-15H2,1-2H3,(H,23,27)/t20-/m1/s1. The predicted molar refractivity (Wildman–Crippen MR) is 108 cm³/mol. The van der Waals surface area contributed by atoms with Crippen molar-refractivity contribution >= 4 is 17.7 Å². The van der Waals surface area contributed by atoms with E-state index in [1.807, 2.05) is 41.8 Å². The van der Waals surface area contributed by atoms with E-state index < -0.39 is 6.04 Å². The number of nitrogens with one attached hydrogen (secondary N) is 1. The number of amides is 3. The second-order valence-corrected chi connectivity index (χ2v) is 7.87. The van der Waals surface area contributed by atoms with Crippen molar-refractivity contribution in [3.8, 4) is 0 Å². The molecule has 0 aromatic heterocycles. The van der Waals surface area contributed by atoms with Gasteiger partial charge in [0.05, 0.1) is 0 Å². The molecule has 2 heterocycles. The molecule has 3 rings (SSSR count). The van der Waals surface area contributed by atoms with Gasteiger partial charge in [-0.05, 0) is 50.2 Å². The normalized spacial score (nSPS) is 18.8. The number of rotatable bonds is 5. The van der Waals surface area contributed by atoms with Gasteiger partial charge in [-0.1, -0.05) is 25.1 Å². The minimum atomic E-state index is -0.524. The molecule has 6 heteroatoms. The summed E-state index contributed by atoms with van der Waals surface area (Å²) in [6.07, 6.45) is 4.03. The molecule has 3 amide bonds. The van der Waals surface area contributed by atoms with Gasteiger partial charge in [-0.25, -0.2) is 0 Å². The average Bonchev–Trinajstić information content (AvgIpc) is 3.26. The number of benzene rings is 1. The maximum Gasteiger partial charge on any atom is 0.252 e. The Morgan fingerprint density at radius 3 is 2.29 bits per heavy atom. The number of carbonyl (C=O) groups excluding carboxylic acids is 3. The summed E-state index contributed by atoms with van der Waals surface area (Å²) in [7, 11) is 0. The molecule has 1 aromatic rings. The Hall–Kier alpha value is -2.37. The zero-order valence-corrected chi connectivity index (χ0v) is 16.9. The molecule has 1 aromatic carbocycles. The molecular formula is C22H31N3O3. The summed E-state index contributed by atoms with van der Waals surface area (Å²) < 4.78 is 0. The molecular weight excluding hydrogens is 354 g/mol. The Kier molecular flexibility index (Phi) is 6.70. The van der Waals surface area contributed by atoms with Gasteiger partial charge in [0.25, 0.3) is 5.91 Å². The van der Waals surface area contributed by atoms with E-state index in [9.17, 15) is 14.4 Å². The first-order chi connectivity index (χ1) is 13.5. The van der Waals surface area contributed by atoms with Crippen molar-refractivity contribution in [3.63, 3.8) is 0 Å². The van der Waals surface area contributed by atoms with Gasteiger partial charge in [0, 0.05) is 38.2 Å². The summed E-state index contributed by atoms with van der Waals surface area (Å²) in [4.78, 5) is 41.8. The fourth-order valence-corrected chi connectivity index (χ4v) is 4.27. The number of hydrogen-bond acceptors (Lipinski definition) is 3. The Morgan fingerprint density at radius 1 is 1.04 bits per heavy atom. The van der Waals surface area contributed by atoms with Gasteiger partial charge >= 0.3 is 0 Å². The molecule has 0 radical (unpaired) electrons. The van der Waals surface area contributed by atoms with Crippen LogP contribution in [-0.4, -0.2) is 59.7 Å². The molecule has 152 valence electrons. The topological polar surface area (TPSA) is 69.7 Å². The quantitative estimate of drug-likeness (QED) is 0.846. The van der Waals surface area contributed by atoms with E-state index in [-0.39, 0.29) is 23.6 Å². The van der Waals surface area contributed by atoms with Crippen molar-refractivity contribution in [2.24, 2.45) is 5.92 Å². The molecule has 0 spiro atoms. The average molecular weight is 386 g/mol. The number of carbonyl (C=O) groups is 3. The lowest BCUT2D eigenvalue weighted by molar-refractivity contribution is -0.135. The van der Waals surface area contributed by atoms with Crippen LogP contribution in [0.15, 0.2) is 24.3 Å². The van der Waals surface area contributed by atoms with E-state index in [0.717, 1.165) is 44.3 Å². The highest BCUT2D eigenvalue weighted by Crippen LogP contribution is 2.24. The Balaban J connectivity index is 1.74. The highest BCUT2D eigenvalue weighted by molar-refractivity contribution is 5.98. The van der Waals surface area contributed by atoms with Gasteiger partial charge in [0.2, 0.25) is 11.8 Å². The fraction of sp³-hybridized carbons (Fsp3) is 0.591. The maximum atomic E-state index is 13.2. The van der Waals surface area contributed by atoms with Crippen LogP contribution in [0.1, 0.15) is 54.9 Å². The van der Waals surface area contributed by atoms with Gasteiger partial charge in [-0.3, -0.25) is 14.4 Å². The minimum absolute atomic E-state index is 0.0275. The van der Waals surface area contributed by atoms with Crippen molar-refractivity contribution in [3.05, 3.63) is 35.4 Å². The molecule has 2 aliphatic heterocycles. The monoisotopic (exact) mass is 385 g/mol. The SMILES string of the molecule is CCC(=O)N1CCC([C@@H](NC(=O)c2ccccc2C)C(=O)N2CCCC2)CC1. The highest BCUT2D eigenvalue weighted by atomic mass is 16.2. The number of likely N-dealkylation sites (tertiary alicyclic amines) is 2. The second kappa shape index (κ2) is 9.22. The van der Waals surface area contributed by atoms with Crippen molar-refractivity contribution < 1.29 is 14.4 Å². The number of piperidine rings is 1. The molecule has 0 saturated carbocycles. The summed E-state index contributed by atoms with van der Waals surface area (Å²) >= 11 is 0. The van der Waals surface area contributed by atoms with E-state index in [4.69, 9.17) is 0 Å². The third-order valence-corrected chi connectivity index (χ3v) is 6.03. The second-order valence-electron chi connectivity index (χ2n) is 7.87. The number of nitrogens with zero attached hydrogens (tertiary/aromatic N) is 2. The lowest BCUT2D eigenvalue weighted by Crippen LogP contribution is -2.54. The molecule has 0 bridgehead atoms. The maximum absolute atomic E-state index is 13.2. The summed E-state index contributed by atoms with van der Waals surface area (Å²) in [5, 5.41) is 3.04. The molecule has 1 N–H and O–H groups in total. The molecule has 6 nitrogen and oxygen atoms in total. The first-order valence-corrected chi connectivity index (χ1v) is 10.4. The van der Waals surface area contributed by atoms with Crippen LogP contribution in [-0.2, 0) is 9.59 Å². The van der Waals surface area contributed by atoms with Crippen LogP contribution in [0.5, 0.6) is 0 Å². The zero-order chi connectivity index (χ0) is 20.1. The first kappa shape index (κ1) is 20.4. The highest BCUT2D eigenvalue weighted by Gasteiger charge is 2.36. The van der Waals surface area contributed by atoms with E-state index in [2.05, 4.69) is 5.32 Å². The van der Waals surface area contributed by atoms with Crippen LogP contribution < -0.4 is 5.32 Å². The van der Waals surface area contributed by atoms with Crippen molar-refractivity contribution in [2.75, 3.05) is 26.2 Å². The zero-order valence-electron chi connectivity index (χ0n) is 16.9. The Labute approximate surface area is 167 Å². The van der Waals surface area contributed by atoms with Gasteiger partial charge in [0.1, 0.15) is 6.04 Å². The van der Waals surface area contributed by atoms with Gasteiger partial charge in [-0.2, -0.15) is 0 Å². The minimum Gasteiger partial charge on any atom is -0.343 e. The van der Waals surface area contributed by atoms with E-state index >= 15 is 0 Å². The van der Waals surface area contributed by atoms with Crippen LogP contribution in [0.3, 0.4) is 0 Å². The fourth-order valence-electron chi connectivity index (χ4n) is 4.27. The smallest absolute Gasteiger partial charge is 0.252 e. The van der Waals surface area contributed by atoms with Crippen molar-refractivity contribution in [1.29, 1.82) is 0 Å². The van der Waals surface area contributed by atoms with Crippen molar-refractivity contribution in [1.82, 2.24) is 15.1 Å². The summed E-state index contributed by atoms with van der Waals surface area (Å²) in [5.74, 6) is 0.0502. The molecule has 0 aliphatic carbocycles. The van der Waals surface area contributed by atoms with E-state index in [0.29, 0.717) is 25.1 Å². The van der Waals surface area contributed by atoms with Crippen LogP contribution in [0, 0.1) is 12.8 Å². The molecule has 0 unspecified atom stereocenters. The molecule has 2 fully saturated rings. The Bertz CT molecular complexity index is 719. The van der Waals surface area contributed by atoms with Crippen LogP contribution in [0.25, 0.3) is 0 Å². The van der Waals surface area contributed by atoms with E-state index in [1.165, 1.54) is 0 Å². The number of hydrogen-bond donors (Lipinski definition) is 1. The first-order valence-electron chi connectivity index (χ1n) is 10.4. The lowest BCUT2D eigenvalue weighted by atomic mass is 9.88. The van der Waals surface area contributed by atoms with Crippen molar-refractivity contribution in [2.45, 2.75) is 52.0 Å². The lowest BCUT2D eigenvalue weighted by Gasteiger charge is -2.37. The van der Waals surface area contributed by atoms with Gasteiger partial charge in [0.15, 0.2) is 0 Å². The summed E-state index contributed by atoms with van der Waals surface area (Å²) in [6.45, 7) is 6.62. The Morgan fingerprint density at radius 2 is 1.68 bits per heavy atom. The number of aryl methyl sites for hydroxylation is 1. The molecule has 2 saturated heterocycles. The van der Waals surface area contributed by atoms with Crippen LogP contribution in [0.2, 0.25) is 0 Å². The summed E-state index contributed by atoms with van der Waals surface area (Å²) in [5.41, 5.74) is 1.51. The van der Waals surface area contributed by atoms with Gasteiger partial charge < -0.3 is 15.1 Å². The largest absolute Gasteiger partial charge is 0.343 e.